The first kappa shape index (κ1) is 14.9. The van der Waals surface area contributed by atoms with Gasteiger partial charge in [0.15, 0.2) is 0 Å². The van der Waals surface area contributed by atoms with Crippen molar-refractivity contribution in [2.24, 2.45) is 5.92 Å². The topological polar surface area (TPSA) is 52.6 Å². The van der Waals surface area contributed by atoms with Gasteiger partial charge in [-0.3, -0.25) is 4.79 Å². The highest BCUT2D eigenvalue weighted by molar-refractivity contribution is 5.81. The van der Waals surface area contributed by atoms with E-state index in [4.69, 9.17) is 0 Å². The number of rotatable bonds is 4. The van der Waals surface area contributed by atoms with Crippen molar-refractivity contribution >= 4 is 5.91 Å². The van der Waals surface area contributed by atoms with Crippen LogP contribution in [-0.2, 0) is 11.3 Å². The van der Waals surface area contributed by atoms with Crippen molar-refractivity contribution < 1.29 is 9.90 Å². The van der Waals surface area contributed by atoms with E-state index < -0.39 is 0 Å². The van der Waals surface area contributed by atoms with Gasteiger partial charge in [0.25, 0.3) is 0 Å². The molecule has 1 aliphatic heterocycles. The molecule has 0 radical (unpaired) electrons. The lowest BCUT2D eigenvalue weighted by Crippen LogP contribution is -2.49. The predicted molar refractivity (Wildman–Crippen MR) is 79.4 cm³/mol. The van der Waals surface area contributed by atoms with Gasteiger partial charge in [0.1, 0.15) is 5.75 Å². The van der Waals surface area contributed by atoms with E-state index >= 15 is 0 Å². The van der Waals surface area contributed by atoms with Crippen molar-refractivity contribution in [1.82, 2.24) is 10.2 Å². The quantitative estimate of drug-likeness (QED) is 0.886. The molecule has 0 aromatic heterocycles. The number of nitrogens with one attached hydrogen (secondary N) is 1. The molecule has 0 saturated carbocycles. The van der Waals surface area contributed by atoms with Crippen LogP contribution in [0.15, 0.2) is 24.3 Å². The van der Waals surface area contributed by atoms with Crippen LogP contribution in [0.3, 0.4) is 0 Å². The number of hydrogen-bond acceptors (Lipinski definition) is 3. The van der Waals surface area contributed by atoms with Crippen LogP contribution in [0.2, 0.25) is 0 Å². The molecule has 0 bridgehead atoms. The van der Waals surface area contributed by atoms with Gasteiger partial charge in [-0.05, 0) is 43.0 Å². The van der Waals surface area contributed by atoms with Crippen molar-refractivity contribution in [3.63, 3.8) is 0 Å². The second kappa shape index (κ2) is 6.75. The van der Waals surface area contributed by atoms with Gasteiger partial charge in [-0.2, -0.15) is 0 Å². The molecule has 110 valence electrons. The standard InChI is InChI=1S/C16H24N2O2/c1-3-12-8-9-17-15(10-12)16(20)18(2)11-13-4-6-14(19)7-5-13/h4-7,12,15,17,19H,3,8-11H2,1-2H3. The van der Waals surface area contributed by atoms with Crippen LogP contribution in [0.1, 0.15) is 31.7 Å². The fourth-order valence-electron chi connectivity index (χ4n) is 2.77. The molecule has 1 aromatic carbocycles. The van der Waals surface area contributed by atoms with E-state index in [0.29, 0.717) is 12.5 Å². The number of carbonyl (C=O) groups is 1. The minimum atomic E-state index is -0.0455. The van der Waals surface area contributed by atoms with Gasteiger partial charge in [-0.1, -0.05) is 25.5 Å². The summed E-state index contributed by atoms with van der Waals surface area (Å²) in [6.07, 6.45) is 3.25. The molecular weight excluding hydrogens is 252 g/mol. The first-order chi connectivity index (χ1) is 9.60. The maximum absolute atomic E-state index is 12.4. The van der Waals surface area contributed by atoms with Crippen molar-refractivity contribution in [3.8, 4) is 5.75 Å². The zero-order valence-electron chi connectivity index (χ0n) is 12.3. The van der Waals surface area contributed by atoms with Crippen molar-refractivity contribution in [1.29, 1.82) is 0 Å². The number of amides is 1. The summed E-state index contributed by atoms with van der Waals surface area (Å²) < 4.78 is 0. The smallest absolute Gasteiger partial charge is 0.239 e. The number of nitrogens with zero attached hydrogens (tertiary/aromatic N) is 1. The summed E-state index contributed by atoms with van der Waals surface area (Å²) in [7, 11) is 1.84. The summed E-state index contributed by atoms with van der Waals surface area (Å²) in [4.78, 5) is 14.2. The number of benzene rings is 1. The molecule has 1 fully saturated rings. The van der Waals surface area contributed by atoms with Gasteiger partial charge >= 0.3 is 0 Å². The number of phenolic OH excluding ortho intramolecular Hbond substituents is 1. The van der Waals surface area contributed by atoms with Crippen molar-refractivity contribution in [2.75, 3.05) is 13.6 Å². The summed E-state index contributed by atoms with van der Waals surface area (Å²) in [5.41, 5.74) is 1.03. The number of piperidine rings is 1. The molecule has 0 spiro atoms. The molecule has 2 rings (SSSR count). The SMILES string of the molecule is CCC1CCNC(C(=O)N(C)Cc2ccc(O)cc2)C1. The van der Waals surface area contributed by atoms with Gasteiger partial charge in [-0.15, -0.1) is 0 Å². The van der Waals surface area contributed by atoms with Crippen LogP contribution in [0.4, 0.5) is 0 Å². The average Bonchev–Trinajstić information content (AvgIpc) is 2.48. The van der Waals surface area contributed by atoms with Crippen LogP contribution in [0.25, 0.3) is 0 Å². The summed E-state index contributed by atoms with van der Waals surface area (Å²) >= 11 is 0. The van der Waals surface area contributed by atoms with E-state index in [0.717, 1.165) is 24.9 Å². The zero-order valence-corrected chi connectivity index (χ0v) is 12.3. The Balaban J connectivity index is 1.92. The summed E-state index contributed by atoms with van der Waals surface area (Å²) in [5.74, 6) is 1.07. The molecule has 1 heterocycles. The Hall–Kier alpha value is -1.55. The first-order valence-electron chi connectivity index (χ1n) is 7.36. The predicted octanol–water partition coefficient (Wildman–Crippen LogP) is 2.13. The molecule has 4 nitrogen and oxygen atoms in total. The Morgan fingerprint density at radius 3 is 2.75 bits per heavy atom. The molecule has 1 amide bonds. The molecule has 4 heteroatoms. The third kappa shape index (κ3) is 3.73. The molecular formula is C16H24N2O2. The van der Waals surface area contributed by atoms with Crippen molar-refractivity contribution in [2.45, 2.75) is 38.8 Å². The van der Waals surface area contributed by atoms with Gasteiger partial charge in [0.05, 0.1) is 6.04 Å². The molecule has 2 unspecified atom stereocenters. The van der Waals surface area contributed by atoms with Gasteiger partial charge < -0.3 is 15.3 Å². The van der Waals surface area contributed by atoms with E-state index in [1.807, 2.05) is 19.2 Å². The molecule has 1 saturated heterocycles. The fourth-order valence-corrected chi connectivity index (χ4v) is 2.77. The number of likely N-dealkylation sites (N-methyl/N-ethyl adjacent to an activating group) is 1. The summed E-state index contributed by atoms with van der Waals surface area (Å²) in [5, 5.41) is 12.6. The highest BCUT2D eigenvalue weighted by Crippen LogP contribution is 2.21. The van der Waals surface area contributed by atoms with E-state index in [1.54, 1.807) is 17.0 Å². The Labute approximate surface area is 120 Å². The highest BCUT2D eigenvalue weighted by atomic mass is 16.3. The zero-order chi connectivity index (χ0) is 14.5. The van der Waals surface area contributed by atoms with Crippen LogP contribution < -0.4 is 5.32 Å². The number of aromatic hydroxyl groups is 1. The van der Waals surface area contributed by atoms with Gasteiger partial charge in [0, 0.05) is 13.6 Å². The number of phenols is 1. The van der Waals surface area contributed by atoms with E-state index in [2.05, 4.69) is 12.2 Å². The lowest BCUT2D eigenvalue weighted by Gasteiger charge is -2.31. The lowest BCUT2D eigenvalue weighted by atomic mass is 9.90. The van der Waals surface area contributed by atoms with Crippen LogP contribution in [-0.4, -0.2) is 35.5 Å². The first-order valence-corrected chi connectivity index (χ1v) is 7.36. The minimum absolute atomic E-state index is 0.0455. The number of hydrogen-bond donors (Lipinski definition) is 2. The van der Waals surface area contributed by atoms with Gasteiger partial charge in [-0.25, -0.2) is 0 Å². The van der Waals surface area contributed by atoms with E-state index in [-0.39, 0.29) is 17.7 Å². The molecule has 1 aliphatic rings. The third-order valence-corrected chi connectivity index (χ3v) is 4.12. The van der Waals surface area contributed by atoms with Gasteiger partial charge in [0.2, 0.25) is 5.91 Å². The molecule has 0 aliphatic carbocycles. The van der Waals surface area contributed by atoms with Crippen molar-refractivity contribution in [3.05, 3.63) is 29.8 Å². The largest absolute Gasteiger partial charge is 0.508 e. The Bertz CT molecular complexity index is 444. The van der Waals surface area contributed by atoms with E-state index in [9.17, 15) is 9.90 Å². The summed E-state index contributed by atoms with van der Waals surface area (Å²) in [6.45, 7) is 3.70. The minimum Gasteiger partial charge on any atom is -0.508 e. The molecule has 1 aromatic rings. The van der Waals surface area contributed by atoms with Crippen LogP contribution in [0, 0.1) is 5.92 Å². The Morgan fingerprint density at radius 1 is 1.40 bits per heavy atom. The van der Waals surface area contributed by atoms with E-state index in [1.165, 1.54) is 6.42 Å². The second-order valence-corrected chi connectivity index (χ2v) is 5.67. The maximum atomic E-state index is 12.4. The monoisotopic (exact) mass is 276 g/mol. The fraction of sp³-hybridized carbons (Fsp3) is 0.562. The maximum Gasteiger partial charge on any atom is 0.239 e. The third-order valence-electron chi connectivity index (χ3n) is 4.12. The second-order valence-electron chi connectivity index (χ2n) is 5.67. The molecule has 2 N–H and O–H groups in total. The average molecular weight is 276 g/mol. The lowest BCUT2D eigenvalue weighted by molar-refractivity contribution is -0.133. The summed E-state index contributed by atoms with van der Waals surface area (Å²) in [6, 6.07) is 6.96. The van der Waals surface area contributed by atoms with Crippen LogP contribution >= 0.6 is 0 Å². The highest BCUT2D eigenvalue weighted by Gasteiger charge is 2.27. The Morgan fingerprint density at radius 2 is 2.10 bits per heavy atom. The van der Waals surface area contributed by atoms with Crippen LogP contribution in [0.5, 0.6) is 5.75 Å². The molecule has 20 heavy (non-hydrogen) atoms. The Kier molecular flexibility index (Phi) is 5.01. The molecule has 2 atom stereocenters. The normalized spacial score (nSPS) is 22.5. The number of carbonyl (C=O) groups excluding carboxylic acids is 1.